The Kier molecular flexibility index (Phi) is 8.88. The molecule has 0 saturated carbocycles. The standard InChI is InChI=1S/C13H20N2O/c1-5-8-12(3)9-7-10-16-13(6-2)15-11-14-4/h6-9,11H,2,5,10H2,1,3-4H3/b9-7-,12-8-,14-11-,15-13+. The Balaban J connectivity index is 4.05. The normalized spacial score (nSPS) is 13.7. The fourth-order valence-corrected chi connectivity index (χ4v) is 1.02. The van der Waals surface area contributed by atoms with E-state index in [-0.39, 0.29) is 0 Å². The molecule has 0 spiro atoms. The van der Waals surface area contributed by atoms with E-state index < -0.39 is 0 Å². The predicted molar refractivity (Wildman–Crippen MR) is 71.2 cm³/mol. The highest BCUT2D eigenvalue weighted by molar-refractivity contribution is 5.92. The smallest absolute Gasteiger partial charge is 0.214 e. The molecular formula is C13H20N2O. The highest BCUT2D eigenvalue weighted by atomic mass is 16.5. The summed E-state index contributed by atoms with van der Waals surface area (Å²) in [6.45, 7) is 8.26. The average Bonchev–Trinajstić information content (AvgIpc) is 2.28. The summed E-state index contributed by atoms with van der Waals surface area (Å²) in [4.78, 5) is 7.69. The molecule has 0 bridgehead atoms. The van der Waals surface area contributed by atoms with Crippen LogP contribution in [0.1, 0.15) is 20.3 Å². The molecule has 0 aromatic heterocycles. The summed E-state index contributed by atoms with van der Waals surface area (Å²) in [6.07, 6.45) is 10.2. The van der Waals surface area contributed by atoms with Crippen molar-refractivity contribution >= 4 is 12.2 Å². The van der Waals surface area contributed by atoms with Crippen LogP contribution < -0.4 is 0 Å². The van der Waals surface area contributed by atoms with Gasteiger partial charge in [-0.05, 0) is 25.5 Å². The fraction of sp³-hybridized carbons (Fsp3) is 0.385. The third kappa shape index (κ3) is 7.74. The molecule has 0 amide bonds. The van der Waals surface area contributed by atoms with Crippen molar-refractivity contribution in [3.8, 4) is 0 Å². The van der Waals surface area contributed by atoms with Crippen LogP contribution in [0.25, 0.3) is 0 Å². The maximum atomic E-state index is 5.35. The first-order valence-electron chi connectivity index (χ1n) is 5.31. The average molecular weight is 220 g/mol. The van der Waals surface area contributed by atoms with Gasteiger partial charge in [0, 0.05) is 7.05 Å². The monoisotopic (exact) mass is 220 g/mol. The highest BCUT2D eigenvalue weighted by Gasteiger charge is 1.89. The van der Waals surface area contributed by atoms with E-state index in [0.29, 0.717) is 12.5 Å². The first kappa shape index (κ1) is 14.4. The molecule has 0 aliphatic carbocycles. The molecule has 0 heterocycles. The van der Waals surface area contributed by atoms with Crippen LogP contribution in [0.15, 0.2) is 46.4 Å². The zero-order valence-electron chi connectivity index (χ0n) is 10.3. The maximum absolute atomic E-state index is 5.35. The van der Waals surface area contributed by atoms with Crippen molar-refractivity contribution in [3.63, 3.8) is 0 Å². The Morgan fingerprint density at radius 3 is 2.75 bits per heavy atom. The maximum Gasteiger partial charge on any atom is 0.214 e. The summed E-state index contributed by atoms with van der Waals surface area (Å²) in [7, 11) is 1.66. The lowest BCUT2D eigenvalue weighted by atomic mass is 10.2. The van der Waals surface area contributed by atoms with Crippen LogP contribution in [0, 0.1) is 0 Å². The highest BCUT2D eigenvalue weighted by Crippen LogP contribution is 1.97. The van der Waals surface area contributed by atoms with E-state index in [9.17, 15) is 0 Å². The lowest BCUT2D eigenvalue weighted by Gasteiger charge is -2.00. The molecule has 0 aromatic rings. The minimum absolute atomic E-state index is 0.479. The van der Waals surface area contributed by atoms with Crippen LogP contribution >= 0.6 is 0 Å². The molecule has 88 valence electrons. The van der Waals surface area contributed by atoms with Gasteiger partial charge in [0.05, 0.1) is 0 Å². The Morgan fingerprint density at radius 1 is 1.44 bits per heavy atom. The molecule has 0 aromatic carbocycles. The SMILES string of the molecule is C=C/C(=N\C=N/C)OC/C=C\C(C)=C/CC. The molecular weight excluding hydrogens is 200 g/mol. The summed E-state index contributed by atoms with van der Waals surface area (Å²) in [5, 5.41) is 0. The number of ether oxygens (including phenoxy) is 1. The van der Waals surface area contributed by atoms with Crippen molar-refractivity contribution in [2.75, 3.05) is 13.7 Å². The molecule has 3 nitrogen and oxygen atoms in total. The Hall–Kier alpha value is -1.64. The first-order valence-corrected chi connectivity index (χ1v) is 5.31. The molecule has 0 rings (SSSR count). The predicted octanol–water partition coefficient (Wildman–Crippen LogP) is 3.16. The lowest BCUT2D eigenvalue weighted by molar-refractivity contribution is 0.354. The van der Waals surface area contributed by atoms with Gasteiger partial charge in [0.25, 0.3) is 0 Å². The molecule has 0 N–H and O–H groups in total. The molecule has 0 radical (unpaired) electrons. The second-order valence-electron chi connectivity index (χ2n) is 3.11. The Bertz CT molecular complexity index is 312. The van der Waals surface area contributed by atoms with E-state index in [1.165, 1.54) is 11.9 Å². The van der Waals surface area contributed by atoms with Crippen LogP contribution in [0.5, 0.6) is 0 Å². The van der Waals surface area contributed by atoms with E-state index in [4.69, 9.17) is 4.74 Å². The zero-order chi connectivity index (χ0) is 12.2. The van der Waals surface area contributed by atoms with Crippen molar-refractivity contribution in [3.05, 3.63) is 36.5 Å². The van der Waals surface area contributed by atoms with Crippen molar-refractivity contribution in [1.29, 1.82) is 0 Å². The van der Waals surface area contributed by atoms with Gasteiger partial charge in [0.2, 0.25) is 5.90 Å². The lowest BCUT2D eigenvalue weighted by Crippen LogP contribution is -2.01. The minimum Gasteiger partial charge on any atom is -0.473 e. The van der Waals surface area contributed by atoms with Crippen molar-refractivity contribution in [1.82, 2.24) is 0 Å². The van der Waals surface area contributed by atoms with E-state index in [1.807, 2.05) is 12.2 Å². The number of hydrogen-bond donors (Lipinski definition) is 0. The summed E-state index contributed by atoms with van der Waals surface area (Å²) < 4.78 is 5.35. The second kappa shape index (κ2) is 9.90. The first-order chi connectivity index (χ1) is 7.74. The number of rotatable bonds is 6. The van der Waals surface area contributed by atoms with Crippen molar-refractivity contribution < 1.29 is 4.74 Å². The molecule has 3 heteroatoms. The van der Waals surface area contributed by atoms with Gasteiger partial charge in [0.1, 0.15) is 12.9 Å². The van der Waals surface area contributed by atoms with Crippen LogP contribution in [0.3, 0.4) is 0 Å². The van der Waals surface area contributed by atoms with Gasteiger partial charge in [-0.3, -0.25) is 4.99 Å². The minimum atomic E-state index is 0.479. The molecule has 0 saturated heterocycles. The third-order valence-electron chi connectivity index (χ3n) is 1.71. The van der Waals surface area contributed by atoms with Crippen molar-refractivity contribution in [2.45, 2.75) is 20.3 Å². The largest absolute Gasteiger partial charge is 0.473 e. The third-order valence-corrected chi connectivity index (χ3v) is 1.71. The summed E-state index contributed by atoms with van der Waals surface area (Å²) >= 11 is 0. The van der Waals surface area contributed by atoms with Gasteiger partial charge in [0.15, 0.2) is 0 Å². The van der Waals surface area contributed by atoms with Gasteiger partial charge < -0.3 is 4.74 Å². The number of aliphatic imine (C=N–C) groups is 2. The summed E-state index contributed by atoms with van der Waals surface area (Å²) in [5.41, 5.74) is 1.23. The topological polar surface area (TPSA) is 34.0 Å². The van der Waals surface area contributed by atoms with E-state index >= 15 is 0 Å². The fourth-order valence-electron chi connectivity index (χ4n) is 1.02. The molecule has 16 heavy (non-hydrogen) atoms. The number of hydrogen-bond acceptors (Lipinski definition) is 2. The van der Waals surface area contributed by atoms with Crippen LogP contribution in [0.2, 0.25) is 0 Å². The molecule has 0 aliphatic rings. The molecule has 0 atom stereocenters. The van der Waals surface area contributed by atoms with Gasteiger partial charge in [-0.1, -0.05) is 31.2 Å². The van der Waals surface area contributed by atoms with Crippen molar-refractivity contribution in [2.24, 2.45) is 9.98 Å². The Morgan fingerprint density at radius 2 is 2.19 bits per heavy atom. The van der Waals surface area contributed by atoms with Crippen LogP contribution in [-0.4, -0.2) is 25.9 Å². The Labute approximate surface area is 98.0 Å². The number of nitrogens with zero attached hydrogens (tertiary/aromatic N) is 2. The molecule has 0 aliphatic heterocycles. The van der Waals surface area contributed by atoms with Crippen LogP contribution in [-0.2, 0) is 4.74 Å². The quantitative estimate of drug-likeness (QED) is 0.384. The van der Waals surface area contributed by atoms with E-state index in [0.717, 1.165) is 6.42 Å². The zero-order valence-corrected chi connectivity index (χ0v) is 10.3. The van der Waals surface area contributed by atoms with E-state index in [2.05, 4.69) is 36.5 Å². The second-order valence-corrected chi connectivity index (χ2v) is 3.11. The number of allylic oxidation sites excluding steroid dienone is 3. The van der Waals surface area contributed by atoms with Gasteiger partial charge in [-0.25, -0.2) is 4.99 Å². The van der Waals surface area contributed by atoms with Gasteiger partial charge >= 0.3 is 0 Å². The molecule has 0 fully saturated rings. The summed E-state index contributed by atoms with van der Waals surface area (Å²) in [6, 6.07) is 0. The van der Waals surface area contributed by atoms with E-state index in [1.54, 1.807) is 13.1 Å². The summed E-state index contributed by atoms with van der Waals surface area (Å²) in [5.74, 6) is 0.479. The van der Waals surface area contributed by atoms with Crippen LogP contribution in [0.4, 0.5) is 0 Å². The van der Waals surface area contributed by atoms with Gasteiger partial charge in [-0.15, -0.1) is 0 Å². The van der Waals surface area contributed by atoms with Gasteiger partial charge in [-0.2, -0.15) is 0 Å². The molecule has 0 unspecified atom stereocenters.